The molecule has 3 aromatic rings. The van der Waals surface area contributed by atoms with Crippen molar-refractivity contribution in [3.63, 3.8) is 0 Å². The number of carbonyl (C=O) groups excluding carboxylic acids is 1. The molecule has 1 heterocycles. The Kier molecular flexibility index (Phi) is 5.67. The van der Waals surface area contributed by atoms with Gasteiger partial charge < -0.3 is 5.32 Å². The van der Waals surface area contributed by atoms with Crippen LogP contribution in [0.15, 0.2) is 53.7 Å². The number of benzene rings is 2. The van der Waals surface area contributed by atoms with Crippen LogP contribution in [0.2, 0.25) is 5.02 Å². The molecule has 0 saturated carbocycles. The summed E-state index contributed by atoms with van der Waals surface area (Å²) in [6.45, 7) is 2.00. The summed E-state index contributed by atoms with van der Waals surface area (Å²) in [6, 6.07) is 14.9. The first kappa shape index (κ1) is 17.4. The van der Waals surface area contributed by atoms with E-state index < -0.39 is 0 Å². The van der Waals surface area contributed by atoms with Crippen molar-refractivity contribution in [2.45, 2.75) is 18.5 Å². The third-order valence-corrected chi connectivity index (χ3v) is 4.65. The predicted molar refractivity (Wildman–Crippen MR) is 99.3 cm³/mol. The van der Waals surface area contributed by atoms with Crippen molar-refractivity contribution in [3.8, 4) is 5.69 Å². The number of nitrogens with one attached hydrogen (secondary N) is 1. The number of tetrazole rings is 1. The molecule has 6 nitrogen and oxygen atoms in total. The second-order valence-electron chi connectivity index (χ2n) is 5.31. The van der Waals surface area contributed by atoms with Crippen molar-refractivity contribution in [1.29, 1.82) is 0 Å². The summed E-state index contributed by atoms with van der Waals surface area (Å²) in [5, 5.41) is 16.0. The van der Waals surface area contributed by atoms with E-state index in [1.54, 1.807) is 28.9 Å². The number of thioether (sulfide) groups is 1. The van der Waals surface area contributed by atoms with Gasteiger partial charge in [-0.1, -0.05) is 41.6 Å². The third-order valence-electron chi connectivity index (χ3n) is 3.47. The summed E-state index contributed by atoms with van der Waals surface area (Å²) in [7, 11) is 0. The lowest BCUT2D eigenvalue weighted by molar-refractivity contribution is -0.115. The second kappa shape index (κ2) is 8.13. The zero-order chi connectivity index (χ0) is 17.6. The van der Waals surface area contributed by atoms with E-state index >= 15 is 0 Å². The first-order chi connectivity index (χ1) is 12.1. The van der Waals surface area contributed by atoms with Crippen molar-refractivity contribution in [2.75, 3.05) is 11.1 Å². The van der Waals surface area contributed by atoms with Gasteiger partial charge in [0.25, 0.3) is 0 Å². The minimum Gasteiger partial charge on any atom is -0.326 e. The number of anilines is 1. The van der Waals surface area contributed by atoms with Crippen molar-refractivity contribution >= 4 is 35.0 Å². The van der Waals surface area contributed by atoms with E-state index in [0.29, 0.717) is 22.4 Å². The largest absolute Gasteiger partial charge is 0.326 e. The van der Waals surface area contributed by atoms with Crippen molar-refractivity contribution in [1.82, 2.24) is 20.2 Å². The molecule has 0 fully saturated rings. The Morgan fingerprint density at radius 3 is 2.72 bits per heavy atom. The molecule has 1 N–H and O–H groups in total. The van der Waals surface area contributed by atoms with E-state index in [4.69, 9.17) is 11.6 Å². The van der Waals surface area contributed by atoms with Crippen LogP contribution in [0, 0.1) is 6.92 Å². The Morgan fingerprint density at radius 2 is 1.96 bits per heavy atom. The Labute approximate surface area is 154 Å². The average molecular weight is 374 g/mol. The fourth-order valence-electron chi connectivity index (χ4n) is 2.21. The summed E-state index contributed by atoms with van der Waals surface area (Å²) in [5.74, 6) is 0.510. The number of para-hydroxylation sites is 1. The normalized spacial score (nSPS) is 10.6. The highest BCUT2D eigenvalue weighted by atomic mass is 35.5. The number of carbonyl (C=O) groups is 1. The number of amides is 1. The fourth-order valence-corrected chi connectivity index (χ4v) is 3.16. The number of hydrogen-bond acceptors (Lipinski definition) is 5. The highest BCUT2D eigenvalue weighted by Crippen LogP contribution is 2.21. The molecule has 0 atom stereocenters. The lowest BCUT2D eigenvalue weighted by Gasteiger charge is -2.07. The maximum absolute atomic E-state index is 12.0. The second-order valence-corrected chi connectivity index (χ2v) is 6.81. The maximum Gasteiger partial charge on any atom is 0.225 e. The summed E-state index contributed by atoms with van der Waals surface area (Å²) in [4.78, 5) is 12.0. The Bertz CT molecular complexity index is 865. The molecular weight excluding hydrogens is 358 g/mol. The Hall–Kier alpha value is -2.38. The molecule has 0 aliphatic rings. The molecule has 0 aliphatic heterocycles. The van der Waals surface area contributed by atoms with Crippen molar-refractivity contribution in [3.05, 3.63) is 59.1 Å². The van der Waals surface area contributed by atoms with Gasteiger partial charge in [-0.15, -0.1) is 5.10 Å². The number of hydrogen-bond donors (Lipinski definition) is 1. The molecule has 1 amide bonds. The van der Waals surface area contributed by atoms with Gasteiger partial charge in [0.2, 0.25) is 11.1 Å². The molecule has 1 aromatic heterocycles. The number of aryl methyl sites for hydroxylation is 1. The fraction of sp³-hybridized carbons (Fsp3) is 0.176. The van der Waals surface area contributed by atoms with Crippen LogP contribution < -0.4 is 5.32 Å². The molecule has 0 saturated heterocycles. The van der Waals surface area contributed by atoms with Gasteiger partial charge in [-0.3, -0.25) is 4.79 Å². The third kappa shape index (κ3) is 4.58. The number of halogens is 1. The molecule has 25 heavy (non-hydrogen) atoms. The summed E-state index contributed by atoms with van der Waals surface area (Å²) in [5.41, 5.74) is 2.74. The van der Waals surface area contributed by atoms with Crippen molar-refractivity contribution < 1.29 is 4.79 Å². The van der Waals surface area contributed by atoms with Gasteiger partial charge in [0.15, 0.2) is 0 Å². The summed E-state index contributed by atoms with van der Waals surface area (Å²) < 4.78 is 1.69. The lowest BCUT2D eigenvalue weighted by Crippen LogP contribution is -2.12. The van der Waals surface area contributed by atoms with Gasteiger partial charge in [0.1, 0.15) is 0 Å². The molecule has 8 heteroatoms. The highest BCUT2D eigenvalue weighted by Gasteiger charge is 2.11. The van der Waals surface area contributed by atoms with Gasteiger partial charge in [-0.05, 0) is 53.2 Å². The Balaban J connectivity index is 1.56. The molecule has 0 spiro atoms. The van der Waals surface area contributed by atoms with E-state index in [1.165, 1.54) is 11.8 Å². The molecule has 2 aromatic carbocycles. The van der Waals surface area contributed by atoms with Crippen LogP contribution in [0.25, 0.3) is 5.69 Å². The monoisotopic (exact) mass is 373 g/mol. The molecular formula is C17H16ClN5OS. The van der Waals surface area contributed by atoms with Gasteiger partial charge in [0, 0.05) is 22.9 Å². The van der Waals surface area contributed by atoms with Crippen LogP contribution >= 0.6 is 23.4 Å². The quantitative estimate of drug-likeness (QED) is 0.666. The lowest BCUT2D eigenvalue weighted by atomic mass is 10.2. The molecule has 0 aliphatic carbocycles. The van der Waals surface area contributed by atoms with Crippen LogP contribution in [0.5, 0.6) is 0 Å². The topological polar surface area (TPSA) is 72.7 Å². The first-order valence-corrected chi connectivity index (χ1v) is 9.02. The van der Waals surface area contributed by atoms with E-state index in [2.05, 4.69) is 20.8 Å². The maximum atomic E-state index is 12.0. The average Bonchev–Trinajstić information content (AvgIpc) is 3.06. The highest BCUT2D eigenvalue weighted by molar-refractivity contribution is 7.99. The summed E-state index contributed by atoms with van der Waals surface area (Å²) in [6.07, 6.45) is 0.355. The van der Waals surface area contributed by atoms with E-state index in [-0.39, 0.29) is 5.91 Å². The minimum atomic E-state index is -0.0651. The summed E-state index contributed by atoms with van der Waals surface area (Å²) >= 11 is 7.27. The van der Waals surface area contributed by atoms with E-state index in [1.807, 2.05) is 31.2 Å². The number of nitrogens with zero attached hydrogens (tertiary/aromatic N) is 4. The van der Waals surface area contributed by atoms with E-state index in [0.717, 1.165) is 16.9 Å². The molecule has 0 unspecified atom stereocenters. The van der Waals surface area contributed by atoms with Crippen LogP contribution in [0.4, 0.5) is 5.69 Å². The molecule has 128 valence electrons. The zero-order valence-corrected chi connectivity index (χ0v) is 15.1. The molecule has 0 radical (unpaired) electrons. The zero-order valence-electron chi connectivity index (χ0n) is 13.5. The minimum absolute atomic E-state index is 0.0651. The number of rotatable bonds is 6. The van der Waals surface area contributed by atoms with E-state index in [9.17, 15) is 4.79 Å². The number of aromatic nitrogens is 4. The van der Waals surface area contributed by atoms with Crippen LogP contribution in [0.3, 0.4) is 0 Å². The standard InChI is InChI=1S/C17H16ClN5OS/c1-12-4-2-3-5-15(12)23-17(20-21-22-23)25-11-10-16(24)19-14-8-6-13(18)7-9-14/h2-9H,10-11H2,1H3,(H,19,24). The van der Waals surface area contributed by atoms with Crippen molar-refractivity contribution in [2.24, 2.45) is 0 Å². The van der Waals surface area contributed by atoms with Gasteiger partial charge in [0.05, 0.1) is 5.69 Å². The smallest absolute Gasteiger partial charge is 0.225 e. The molecule has 0 bridgehead atoms. The molecule has 3 rings (SSSR count). The first-order valence-electron chi connectivity index (χ1n) is 7.66. The van der Waals surface area contributed by atoms with Crippen LogP contribution in [0.1, 0.15) is 12.0 Å². The van der Waals surface area contributed by atoms with Gasteiger partial charge in [-0.25, -0.2) is 0 Å². The van der Waals surface area contributed by atoms with Crippen LogP contribution in [-0.4, -0.2) is 31.9 Å². The predicted octanol–water partition coefficient (Wildman–Crippen LogP) is 3.75. The van der Waals surface area contributed by atoms with Gasteiger partial charge >= 0.3 is 0 Å². The SMILES string of the molecule is Cc1ccccc1-n1nnnc1SCCC(=O)Nc1ccc(Cl)cc1. The van der Waals surface area contributed by atoms with Gasteiger partial charge in [-0.2, -0.15) is 4.68 Å². The van der Waals surface area contributed by atoms with Crippen LogP contribution in [-0.2, 0) is 4.79 Å². The Morgan fingerprint density at radius 1 is 1.20 bits per heavy atom.